The Bertz CT molecular complexity index is 614. The van der Waals surface area contributed by atoms with Gasteiger partial charge in [0.15, 0.2) is 11.6 Å². The van der Waals surface area contributed by atoms with Crippen LogP contribution >= 0.6 is 0 Å². The Balaban J connectivity index is 0. The Labute approximate surface area is 197 Å². The van der Waals surface area contributed by atoms with Crippen LogP contribution in [0.25, 0.3) is 0 Å². The van der Waals surface area contributed by atoms with Gasteiger partial charge in [-0.2, -0.15) is 0 Å². The van der Waals surface area contributed by atoms with Crippen molar-refractivity contribution < 1.29 is 19.5 Å². The fourth-order valence-corrected chi connectivity index (χ4v) is 3.05. The Kier molecular flexibility index (Phi) is 12.8. The van der Waals surface area contributed by atoms with Crippen LogP contribution in [0.5, 0.6) is 0 Å². The third kappa shape index (κ3) is 14.9. The van der Waals surface area contributed by atoms with E-state index in [9.17, 15) is 19.5 Å². The first kappa shape index (κ1) is 33.1. The lowest BCUT2D eigenvalue weighted by molar-refractivity contribution is -0.132. The molecule has 0 amide bonds. The highest BCUT2D eigenvalue weighted by Crippen LogP contribution is 2.21. The normalized spacial score (nSPS) is 15.8. The second-order valence-corrected chi connectivity index (χ2v) is 12.9. The van der Waals surface area contributed by atoms with Crippen LogP contribution in [0.1, 0.15) is 110 Å². The first-order valence-electron chi connectivity index (χ1n) is 11.7. The molecule has 0 aromatic carbocycles. The molecule has 0 aromatic rings. The van der Waals surface area contributed by atoms with Gasteiger partial charge in [0.2, 0.25) is 0 Å². The van der Waals surface area contributed by atoms with Crippen LogP contribution in [0.3, 0.4) is 0 Å². The van der Waals surface area contributed by atoms with Gasteiger partial charge in [0, 0.05) is 28.3 Å². The maximum atomic E-state index is 12.2. The molecule has 3 unspecified atom stereocenters. The standard InChI is InChI=1S/C13H25NO2.C13H27NO2/c1-9(15)8-10(14-13(5,6)7)11(16)12(2,3)4;1-8-9(15)10(14-13(5,6)7)11(16)12(2,3)4/h10,14H,8H2,1-7H3;9-10,14-15H,8H2,1-7H3. The summed E-state index contributed by atoms with van der Waals surface area (Å²) >= 11 is 0. The van der Waals surface area contributed by atoms with E-state index in [1.54, 1.807) is 0 Å². The summed E-state index contributed by atoms with van der Waals surface area (Å²) in [4.78, 5) is 35.6. The monoisotopic (exact) mass is 456 g/mol. The molecule has 0 rings (SSSR count). The van der Waals surface area contributed by atoms with Gasteiger partial charge in [-0.05, 0) is 54.9 Å². The van der Waals surface area contributed by atoms with Crippen LogP contribution in [0.4, 0.5) is 0 Å². The van der Waals surface area contributed by atoms with Crippen LogP contribution in [0.15, 0.2) is 0 Å². The molecule has 6 nitrogen and oxygen atoms in total. The maximum absolute atomic E-state index is 12.2. The minimum absolute atomic E-state index is 0.0411. The lowest BCUT2D eigenvalue weighted by Crippen LogP contribution is -2.56. The molecule has 3 N–H and O–H groups in total. The number of aliphatic hydroxyl groups excluding tert-OH is 1. The van der Waals surface area contributed by atoms with Crippen molar-refractivity contribution in [3.8, 4) is 0 Å². The van der Waals surface area contributed by atoms with E-state index in [1.165, 1.54) is 6.92 Å². The average molecular weight is 457 g/mol. The zero-order valence-corrected chi connectivity index (χ0v) is 23.3. The summed E-state index contributed by atoms with van der Waals surface area (Å²) in [6.07, 6.45) is 0.231. The number of hydrogen-bond acceptors (Lipinski definition) is 6. The molecule has 6 heteroatoms. The summed E-state index contributed by atoms with van der Waals surface area (Å²) in [6.45, 7) is 26.7. The molecule has 190 valence electrons. The molecule has 0 saturated carbocycles. The van der Waals surface area contributed by atoms with E-state index in [0.29, 0.717) is 6.42 Å². The van der Waals surface area contributed by atoms with Crippen molar-refractivity contribution in [2.45, 2.75) is 139 Å². The Morgan fingerprint density at radius 2 is 1.09 bits per heavy atom. The summed E-state index contributed by atoms with van der Waals surface area (Å²) in [5.41, 5.74) is -1.19. The Morgan fingerprint density at radius 3 is 1.34 bits per heavy atom. The number of carbonyl (C=O) groups is 3. The molecule has 0 aliphatic carbocycles. The van der Waals surface area contributed by atoms with Gasteiger partial charge >= 0.3 is 0 Å². The smallest absolute Gasteiger partial charge is 0.157 e. The number of hydrogen-bond donors (Lipinski definition) is 3. The molecule has 3 atom stereocenters. The quantitative estimate of drug-likeness (QED) is 0.499. The maximum Gasteiger partial charge on any atom is 0.157 e. The molecule has 0 aliphatic heterocycles. The second-order valence-electron chi connectivity index (χ2n) is 12.9. The lowest BCUT2D eigenvalue weighted by atomic mass is 9.83. The van der Waals surface area contributed by atoms with Crippen molar-refractivity contribution in [1.82, 2.24) is 10.6 Å². The predicted octanol–water partition coefficient (Wildman–Crippen LogP) is 4.47. The van der Waals surface area contributed by atoms with Gasteiger partial charge in [-0.3, -0.25) is 14.4 Å². The van der Waals surface area contributed by atoms with E-state index in [1.807, 2.05) is 90.0 Å². The van der Waals surface area contributed by atoms with Crippen molar-refractivity contribution in [2.75, 3.05) is 0 Å². The number of carbonyl (C=O) groups excluding carboxylic acids is 3. The predicted molar refractivity (Wildman–Crippen MR) is 134 cm³/mol. The zero-order valence-electron chi connectivity index (χ0n) is 23.3. The largest absolute Gasteiger partial charge is 0.391 e. The Hall–Kier alpha value is -1.11. The summed E-state index contributed by atoms with van der Waals surface area (Å²) in [7, 11) is 0. The van der Waals surface area contributed by atoms with E-state index >= 15 is 0 Å². The van der Waals surface area contributed by atoms with Crippen molar-refractivity contribution in [3.63, 3.8) is 0 Å². The highest BCUT2D eigenvalue weighted by Gasteiger charge is 2.35. The molecule has 32 heavy (non-hydrogen) atoms. The van der Waals surface area contributed by atoms with E-state index in [4.69, 9.17) is 0 Å². The fraction of sp³-hybridized carbons (Fsp3) is 0.885. The number of ketones is 3. The van der Waals surface area contributed by atoms with Gasteiger partial charge in [0.1, 0.15) is 5.78 Å². The van der Waals surface area contributed by atoms with E-state index in [-0.39, 0.29) is 40.9 Å². The van der Waals surface area contributed by atoms with Gasteiger partial charge in [-0.1, -0.05) is 48.5 Å². The number of nitrogens with one attached hydrogen (secondary N) is 2. The van der Waals surface area contributed by atoms with Crippen LogP contribution in [0.2, 0.25) is 0 Å². The number of Topliss-reactive ketones (excluding diaryl/α,β-unsaturated/α-hetero) is 3. The van der Waals surface area contributed by atoms with Crippen LogP contribution < -0.4 is 10.6 Å². The number of aliphatic hydroxyl groups is 1. The molecule has 0 fully saturated rings. The molecule has 0 heterocycles. The average Bonchev–Trinajstić information content (AvgIpc) is 2.53. The van der Waals surface area contributed by atoms with Crippen molar-refractivity contribution in [1.29, 1.82) is 0 Å². The van der Waals surface area contributed by atoms with E-state index in [2.05, 4.69) is 10.6 Å². The topological polar surface area (TPSA) is 95.5 Å². The summed E-state index contributed by atoms with van der Waals surface area (Å²) in [6, 6.07) is -0.859. The molecular weight excluding hydrogens is 404 g/mol. The second kappa shape index (κ2) is 12.4. The van der Waals surface area contributed by atoms with Crippen LogP contribution in [0, 0.1) is 10.8 Å². The third-order valence-electron chi connectivity index (χ3n) is 4.57. The molecule has 0 aromatic heterocycles. The van der Waals surface area contributed by atoms with Crippen LogP contribution in [-0.2, 0) is 14.4 Å². The minimum Gasteiger partial charge on any atom is -0.391 e. The van der Waals surface area contributed by atoms with Crippen molar-refractivity contribution >= 4 is 17.3 Å². The van der Waals surface area contributed by atoms with Gasteiger partial charge in [-0.15, -0.1) is 0 Å². The van der Waals surface area contributed by atoms with E-state index < -0.39 is 23.0 Å². The van der Waals surface area contributed by atoms with Gasteiger partial charge < -0.3 is 15.7 Å². The Morgan fingerprint density at radius 1 is 0.719 bits per heavy atom. The molecule has 0 radical (unpaired) electrons. The first-order valence-corrected chi connectivity index (χ1v) is 11.7. The van der Waals surface area contributed by atoms with Crippen molar-refractivity contribution in [3.05, 3.63) is 0 Å². The van der Waals surface area contributed by atoms with Crippen LogP contribution in [-0.4, -0.2) is 51.7 Å². The van der Waals surface area contributed by atoms with Gasteiger partial charge in [0.05, 0.1) is 18.2 Å². The van der Waals surface area contributed by atoms with Gasteiger partial charge in [0.25, 0.3) is 0 Å². The third-order valence-corrected chi connectivity index (χ3v) is 4.57. The van der Waals surface area contributed by atoms with E-state index in [0.717, 1.165) is 0 Å². The zero-order chi connectivity index (χ0) is 26.3. The number of rotatable bonds is 8. The highest BCUT2D eigenvalue weighted by atomic mass is 16.3. The van der Waals surface area contributed by atoms with Gasteiger partial charge in [-0.25, -0.2) is 0 Å². The fourth-order valence-electron chi connectivity index (χ4n) is 3.05. The summed E-state index contributed by atoms with van der Waals surface area (Å²) in [5, 5.41) is 16.4. The summed E-state index contributed by atoms with van der Waals surface area (Å²) < 4.78 is 0. The molecule has 0 spiro atoms. The molecular formula is C26H52N2O4. The molecule has 0 saturated heterocycles. The molecule has 0 aliphatic rings. The summed E-state index contributed by atoms with van der Waals surface area (Å²) in [5.74, 6) is 0.203. The molecule has 0 bridgehead atoms. The highest BCUT2D eigenvalue weighted by molar-refractivity contribution is 5.93. The first-order chi connectivity index (χ1) is 13.9. The SMILES string of the molecule is CC(=O)CC(NC(C)(C)C)C(=O)C(C)(C)C.CCC(O)C(NC(C)(C)C)C(=O)C(C)(C)C. The van der Waals surface area contributed by atoms with Crippen molar-refractivity contribution in [2.24, 2.45) is 10.8 Å². The minimum atomic E-state index is -0.619. The lowest BCUT2D eigenvalue weighted by Gasteiger charge is -2.34.